The lowest BCUT2D eigenvalue weighted by molar-refractivity contribution is -0.159. The number of hydrogen-bond donors (Lipinski definition) is 4. The van der Waals surface area contributed by atoms with E-state index in [1.807, 2.05) is 5.43 Å². The van der Waals surface area contributed by atoms with Crippen molar-refractivity contribution in [3.63, 3.8) is 0 Å². The molecule has 0 saturated carbocycles. The maximum absolute atomic E-state index is 13.5. The quantitative estimate of drug-likeness (QED) is 0.0805. The second kappa shape index (κ2) is 19.2. The smallest absolute Gasteiger partial charge is 0.349 e. The van der Waals surface area contributed by atoms with Gasteiger partial charge in [0, 0.05) is 35.7 Å². The molecule has 4 aromatic carbocycles. The molecule has 0 spiro atoms. The van der Waals surface area contributed by atoms with Crippen LogP contribution in [0.1, 0.15) is 55.3 Å². The lowest BCUT2D eigenvalue weighted by Gasteiger charge is -2.24. The van der Waals surface area contributed by atoms with Gasteiger partial charge < -0.3 is 38.8 Å². The number of methoxy groups -OCH3 is 2. The normalized spacial score (nSPS) is 11.4. The van der Waals surface area contributed by atoms with E-state index in [1.54, 1.807) is 0 Å². The molecular weight excluding hydrogens is 774 g/mol. The van der Waals surface area contributed by atoms with Gasteiger partial charge in [-0.25, -0.2) is 14.4 Å². The Bertz CT molecular complexity index is 2210. The van der Waals surface area contributed by atoms with E-state index in [2.05, 4.69) is 10.7 Å². The van der Waals surface area contributed by atoms with Crippen LogP contribution in [0.25, 0.3) is 0 Å². The summed E-state index contributed by atoms with van der Waals surface area (Å²) in [7, 11) is 2.41. The fourth-order valence-corrected chi connectivity index (χ4v) is 4.83. The fraction of sp³-hybridized carbons (Fsp3) is 0.158. The molecule has 4 rings (SSSR count). The van der Waals surface area contributed by atoms with Crippen molar-refractivity contribution < 1.29 is 71.9 Å². The highest BCUT2D eigenvalue weighted by molar-refractivity contribution is 6.30. The number of halogens is 1. The number of carboxylic acid groups (broad SMARTS) is 1. The van der Waals surface area contributed by atoms with Gasteiger partial charge in [-0.1, -0.05) is 11.6 Å². The van der Waals surface area contributed by atoms with E-state index in [9.17, 15) is 43.5 Å². The van der Waals surface area contributed by atoms with Gasteiger partial charge in [-0.2, -0.15) is 0 Å². The summed E-state index contributed by atoms with van der Waals surface area (Å²) in [5.74, 6) is -9.27. The molecule has 2 atom stereocenters. The zero-order valence-electron chi connectivity index (χ0n) is 30.3. The van der Waals surface area contributed by atoms with Gasteiger partial charge in [0.25, 0.3) is 17.7 Å². The zero-order valence-corrected chi connectivity index (χ0v) is 31.0. The molecule has 0 radical (unpaired) electrons. The van der Waals surface area contributed by atoms with E-state index in [4.69, 9.17) is 40.0 Å². The first kappa shape index (κ1) is 42.3. The highest BCUT2D eigenvalue weighted by Crippen LogP contribution is 2.30. The molecule has 57 heavy (non-hydrogen) atoms. The first-order valence-corrected chi connectivity index (χ1v) is 16.6. The van der Waals surface area contributed by atoms with Gasteiger partial charge in [-0.3, -0.25) is 34.8 Å². The number of hydrogen-bond acceptors (Lipinski definition) is 14. The minimum atomic E-state index is -2.54. The molecular formula is C38H32ClN3O15. The van der Waals surface area contributed by atoms with Crippen molar-refractivity contribution >= 4 is 64.9 Å². The van der Waals surface area contributed by atoms with Crippen molar-refractivity contribution in [2.75, 3.05) is 19.5 Å². The summed E-state index contributed by atoms with van der Waals surface area (Å²) < 4.78 is 30.7. The third-order valence-electron chi connectivity index (χ3n) is 7.36. The van der Waals surface area contributed by atoms with Crippen molar-refractivity contribution in [1.82, 2.24) is 10.9 Å². The molecule has 18 nitrogen and oxygen atoms in total. The van der Waals surface area contributed by atoms with Gasteiger partial charge >= 0.3 is 29.8 Å². The van der Waals surface area contributed by atoms with Crippen LogP contribution in [0.5, 0.6) is 23.0 Å². The first-order chi connectivity index (χ1) is 27.1. The van der Waals surface area contributed by atoms with Crippen molar-refractivity contribution in [2.24, 2.45) is 0 Å². The van der Waals surface area contributed by atoms with Gasteiger partial charge in [0.15, 0.2) is 23.0 Å². The number of esters is 4. The minimum Gasteiger partial charge on any atom is -0.493 e. The molecule has 0 saturated heterocycles. The van der Waals surface area contributed by atoms with Crippen LogP contribution in [0.3, 0.4) is 0 Å². The van der Waals surface area contributed by atoms with Crippen molar-refractivity contribution in [3.05, 3.63) is 112 Å². The number of anilines is 1. The molecule has 0 aliphatic rings. The van der Waals surface area contributed by atoms with Crippen LogP contribution in [-0.4, -0.2) is 79.1 Å². The molecule has 3 amide bonds. The fourth-order valence-electron chi connectivity index (χ4n) is 4.70. The lowest BCUT2D eigenvalue weighted by atomic mass is 10.1. The summed E-state index contributed by atoms with van der Waals surface area (Å²) in [6.45, 7) is 2.25. The van der Waals surface area contributed by atoms with Gasteiger partial charge in [0.1, 0.15) is 0 Å². The van der Waals surface area contributed by atoms with E-state index in [-0.39, 0.29) is 39.7 Å². The molecule has 4 aromatic rings. The Morgan fingerprint density at radius 3 is 1.46 bits per heavy atom. The predicted molar refractivity (Wildman–Crippen MR) is 196 cm³/mol. The Hall–Kier alpha value is -7.47. The monoisotopic (exact) mass is 805 g/mol. The van der Waals surface area contributed by atoms with Gasteiger partial charge in [0.2, 0.25) is 12.2 Å². The molecule has 0 fully saturated rings. The molecule has 0 aliphatic heterocycles. The highest BCUT2D eigenvalue weighted by Gasteiger charge is 2.41. The van der Waals surface area contributed by atoms with E-state index >= 15 is 0 Å². The average molecular weight is 806 g/mol. The van der Waals surface area contributed by atoms with E-state index in [0.29, 0.717) is 16.3 Å². The Labute approximate surface area is 327 Å². The number of amides is 3. The van der Waals surface area contributed by atoms with Crippen molar-refractivity contribution in [3.8, 4) is 23.0 Å². The molecule has 0 bridgehead atoms. The number of rotatable bonds is 14. The zero-order chi connectivity index (χ0) is 41.8. The van der Waals surface area contributed by atoms with E-state index in [0.717, 1.165) is 38.1 Å². The minimum absolute atomic E-state index is 0.0411. The average Bonchev–Trinajstić information content (AvgIpc) is 3.18. The third kappa shape index (κ3) is 11.5. The molecule has 0 aromatic heterocycles. The second-order valence-corrected chi connectivity index (χ2v) is 11.8. The Morgan fingerprint density at radius 1 is 0.561 bits per heavy atom. The molecule has 0 unspecified atom stereocenters. The summed E-state index contributed by atoms with van der Waals surface area (Å²) >= 11 is 5.86. The Morgan fingerprint density at radius 2 is 1.00 bits per heavy atom. The summed E-state index contributed by atoms with van der Waals surface area (Å²) in [5.41, 5.74) is 3.94. The van der Waals surface area contributed by atoms with Gasteiger partial charge in [-0.15, -0.1) is 0 Å². The van der Waals surface area contributed by atoms with Crippen LogP contribution >= 0.6 is 11.6 Å². The first-order valence-electron chi connectivity index (χ1n) is 16.2. The highest BCUT2D eigenvalue weighted by atomic mass is 35.5. The van der Waals surface area contributed by atoms with Crippen LogP contribution < -0.4 is 35.1 Å². The van der Waals surface area contributed by atoms with Crippen LogP contribution in [0.4, 0.5) is 5.69 Å². The topological polar surface area (TPSA) is 248 Å². The third-order valence-corrected chi connectivity index (χ3v) is 7.61. The Kier molecular flexibility index (Phi) is 14.3. The number of carbonyl (C=O) groups excluding carboxylic acids is 7. The number of ether oxygens (including phenoxy) is 6. The summed E-state index contributed by atoms with van der Waals surface area (Å²) in [5, 5.41) is 13.2. The predicted octanol–water partition coefficient (Wildman–Crippen LogP) is 3.76. The number of benzene rings is 4. The van der Waals surface area contributed by atoms with Gasteiger partial charge in [0.05, 0.1) is 25.3 Å². The number of hydrazine groups is 1. The van der Waals surface area contributed by atoms with Crippen LogP contribution in [0, 0.1) is 0 Å². The number of carbonyl (C=O) groups is 8. The Balaban J connectivity index is 1.56. The van der Waals surface area contributed by atoms with Crippen LogP contribution in [-0.2, 0) is 28.7 Å². The van der Waals surface area contributed by atoms with Crippen molar-refractivity contribution in [2.45, 2.75) is 26.1 Å². The molecule has 296 valence electrons. The van der Waals surface area contributed by atoms with Gasteiger partial charge in [-0.05, 0) is 84.9 Å². The summed E-state index contributed by atoms with van der Waals surface area (Å²) in [4.78, 5) is 101. The summed E-state index contributed by atoms with van der Waals surface area (Å²) in [6, 6.07) is 18.2. The van der Waals surface area contributed by atoms with Crippen LogP contribution in [0.15, 0.2) is 84.9 Å². The van der Waals surface area contributed by atoms with Crippen LogP contribution in [0.2, 0.25) is 5.02 Å². The largest absolute Gasteiger partial charge is 0.493 e. The maximum Gasteiger partial charge on any atom is 0.349 e. The number of aliphatic carboxylic acids is 1. The van der Waals surface area contributed by atoms with Crippen molar-refractivity contribution in [1.29, 1.82) is 0 Å². The number of nitrogens with one attached hydrogen (secondary N) is 3. The molecule has 0 heterocycles. The lowest BCUT2D eigenvalue weighted by Crippen LogP contribution is -2.54. The number of carboxylic acids is 1. The summed E-state index contributed by atoms with van der Waals surface area (Å²) in [6.07, 6.45) is -5.01. The van der Waals surface area contributed by atoms with E-state index < -0.39 is 59.8 Å². The SMILES string of the molecule is COc1cc(C(=O)O[C@H](C(=O)O)[C@@H](OC(=O)c2ccc(OC(C)=O)c(OC)c2)C(=O)NNC(=O)c2ccc(NC(=O)c3ccc(Cl)cc3)cc2)ccc1OC(C)=O. The van der Waals surface area contributed by atoms with E-state index in [1.165, 1.54) is 74.9 Å². The second-order valence-electron chi connectivity index (χ2n) is 11.4. The molecule has 4 N–H and O–H groups in total. The molecule has 19 heteroatoms. The molecule has 0 aliphatic carbocycles. The maximum atomic E-state index is 13.5. The standard InChI is InChI=1S/C38H32ClN3O15/c1-19(43)54-27-15-9-23(17-29(27)52-3)37(50)56-31(32(36(48)49)57-38(51)24-10-16-28(55-20(2)44)30(18-24)53-4)35(47)42-41-34(46)22-7-13-26(14-8-22)40-33(45)21-5-11-25(39)12-6-21/h5-18,31-32H,1-4H3,(H,40,45)(H,41,46)(H,42,47)(H,48,49)/t31-,32+/m1/s1.